The Bertz CT molecular complexity index is 7620. The maximum absolute atomic E-state index is 2.78. The lowest BCUT2D eigenvalue weighted by Crippen LogP contribution is -2.61. The number of nitrogens with zero attached hydrogens (tertiary/aromatic N) is 4. The minimum atomic E-state index is -0.707. The molecule has 131 heavy (non-hydrogen) atoms. The molecular weight excluding hydrogens is 1580 g/mol. The van der Waals surface area contributed by atoms with Gasteiger partial charge in [0, 0.05) is 56.4 Å². The molecule has 20 aromatic rings. The number of rotatable bonds is 13. The van der Waals surface area contributed by atoms with Crippen LogP contribution in [0.4, 0.5) is 68.2 Å². The quantitative estimate of drug-likeness (QED) is 0.0842. The van der Waals surface area contributed by atoms with Crippen molar-refractivity contribution in [3.05, 3.63) is 523 Å². The molecule has 4 heterocycles. The highest BCUT2D eigenvalue weighted by molar-refractivity contribution is 7.00. The van der Waals surface area contributed by atoms with Gasteiger partial charge in [0.05, 0.1) is 45.0 Å². The van der Waals surface area contributed by atoms with Gasteiger partial charge in [0.1, 0.15) is 0 Å². The number of anilines is 12. The van der Waals surface area contributed by atoms with E-state index in [2.05, 4.69) is 528 Å². The van der Waals surface area contributed by atoms with Crippen molar-refractivity contribution < 1.29 is 0 Å². The lowest BCUT2D eigenvalue weighted by Gasteiger charge is -2.48. The molecule has 0 saturated carbocycles. The van der Waals surface area contributed by atoms with E-state index in [1.54, 1.807) is 0 Å². The Hall–Kier alpha value is -15.8. The highest BCUT2D eigenvalue weighted by Crippen LogP contribution is 2.63. The molecule has 0 fully saturated rings. The van der Waals surface area contributed by atoms with E-state index in [1.165, 1.54) is 93.6 Å². The van der Waals surface area contributed by atoms with Crippen molar-refractivity contribution in [3.63, 3.8) is 0 Å². The van der Waals surface area contributed by atoms with E-state index in [0.29, 0.717) is 0 Å². The molecule has 24 rings (SSSR count). The normalized spacial score (nSPS) is 13.8. The molecule has 4 aliphatic heterocycles. The second-order valence-corrected chi connectivity index (χ2v) is 37.7. The van der Waals surface area contributed by atoms with Gasteiger partial charge in [-0.3, -0.25) is 0 Å². The first-order chi connectivity index (χ1) is 64.3. The molecule has 0 aliphatic carbocycles. The molecule has 0 radical (unpaired) electrons. The first-order valence-corrected chi connectivity index (χ1v) is 46.1. The summed E-state index contributed by atoms with van der Waals surface area (Å²) in [5.74, 6) is 0. The molecule has 0 unspecified atom stereocenters. The summed E-state index contributed by atoms with van der Waals surface area (Å²) < 4.78 is 0. The molecule has 4 aliphatic rings. The highest BCUT2D eigenvalue weighted by Gasteiger charge is 2.51. The third kappa shape index (κ3) is 12.4. The summed E-state index contributed by atoms with van der Waals surface area (Å²) in [5, 5.41) is 4.79. The summed E-state index contributed by atoms with van der Waals surface area (Å²) in [4.78, 5) is 10.7. The Kier molecular flexibility index (Phi) is 18.6. The van der Waals surface area contributed by atoms with E-state index >= 15 is 0 Å². The van der Waals surface area contributed by atoms with Crippen LogP contribution in [0.5, 0.6) is 0 Å². The molecule has 0 aromatic heterocycles. The fraction of sp³-hybridized carbons (Fsp3) is 0.0794. The van der Waals surface area contributed by atoms with Crippen LogP contribution in [-0.2, 0) is 21.7 Å². The molecule has 0 amide bonds. The Labute approximate surface area is 768 Å². The van der Waals surface area contributed by atoms with Crippen LogP contribution in [0, 0.1) is 0 Å². The third-order valence-corrected chi connectivity index (χ3v) is 28.4. The second-order valence-electron chi connectivity index (χ2n) is 37.7. The summed E-state index contributed by atoms with van der Waals surface area (Å²) in [6.45, 7) is 13.8. The number of fused-ring (bicyclic) bond motifs is 11. The Morgan fingerprint density at radius 2 is 0.550 bits per heavy atom. The van der Waals surface area contributed by atoms with Crippen LogP contribution in [0.1, 0.15) is 97.2 Å². The minimum Gasteiger partial charge on any atom is -0.310 e. The van der Waals surface area contributed by atoms with Crippen LogP contribution in [0.3, 0.4) is 0 Å². The molecule has 5 heteroatoms. The summed E-state index contributed by atoms with van der Waals surface area (Å²) in [6, 6.07) is 178. The topological polar surface area (TPSA) is 13.0 Å². The zero-order valence-corrected chi connectivity index (χ0v) is 74.3. The molecular formula is C126H95BN4. The Morgan fingerprint density at radius 1 is 0.206 bits per heavy atom. The van der Waals surface area contributed by atoms with Crippen molar-refractivity contribution in [2.45, 2.75) is 63.2 Å². The fourth-order valence-corrected chi connectivity index (χ4v) is 22.5. The maximum atomic E-state index is 2.78. The van der Waals surface area contributed by atoms with Gasteiger partial charge >= 0.3 is 0 Å². The summed E-state index contributed by atoms with van der Waals surface area (Å²) in [6.07, 6.45) is 0. The van der Waals surface area contributed by atoms with Crippen molar-refractivity contribution in [2.24, 2.45) is 0 Å². The first-order valence-electron chi connectivity index (χ1n) is 46.1. The second kappa shape index (κ2) is 31.0. The van der Waals surface area contributed by atoms with Gasteiger partial charge in [0.2, 0.25) is 0 Å². The number of hydrogen-bond acceptors (Lipinski definition) is 4. The zero-order chi connectivity index (χ0) is 87.9. The average Bonchev–Trinajstić information content (AvgIpc) is 0.683. The van der Waals surface area contributed by atoms with Crippen LogP contribution in [0.2, 0.25) is 0 Å². The van der Waals surface area contributed by atoms with Crippen LogP contribution >= 0.6 is 0 Å². The monoisotopic (exact) mass is 1670 g/mol. The average molecular weight is 1680 g/mol. The lowest BCUT2D eigenvalue weighted by atomic mass is 9.33. The molecule has 0 atom stereocenters. The highest BCUT2D eigenvalue weighted by atomic mass is 15.2. The van der Waals surface area contributed by atoms with Crippen molar-refractivity contribution >= 4 is 113 Å². The Morgan fingerprint density at radius 3 is 0.962 bits per heavy atom. The van der Waals surface area contributed by atoms with Crippen LogP contribution in [-0.4, -0.2) is 6.71 Å². The van der Waals surface area contributed by atoms with Gasteiger partial charge in [-0.1, -0.05) is 430 Å². The zero-order valence-electron chi connectivity index (χ0n) is 74.3. The molecule has 0 saturated heterocycles. The van der Waals surface area contributed by atoms with Gasteiger partial charge in [-0.05, 0) is 217 Å². The van der Waals surface area contributed by atoms with Crippen LogP contribution in [0.15, 0.2) is 467 Å². The summed E-state index contributed by atoms with van der Waals surface area (Å²) in [5.41, 5.74) is 38.0. The summed E-state index contributed by atoms with van der Waals surface area (Å²) in [7, 11) is 0. The minimum absolute atomic E-state index is 0.116. The van der Waals surface area contributed by atoms with Crippen LogP contribution < -0.4 is 36.0 Å². The molecule has 622 valence electrons. The summed E-state index contributed by atoms with van der Waals surface area (Å²) >= 11 is 0. The number of para-hydroxylation sites is 5. The van der Waals surface area contributed by atoms with E-state index in [9.17, 15) is 0 Å². The van der Waals surface area contributed by atoms with E-state index in [1.807, 2.05) is 0 Å². The van der Waals surface area contributed by atoms with E-state index in [0.717, 1.165) is 124 Å². The maximum Gasteiger partial charge on any atom is 0.252 e. The molecule has 0 N–H and O–H groups in total. The largest absolute Gasteiger partial charge is 0.310 e. The molecule has 0 spiro atoms. The van der Waals surface area contributed by atoms with Gasteiger partial charge in [-0.15, -0.1) is 0 Å². The number of benzene rings is 20. The van der Waals surface area contributed by atoms with E-state index in [4.69, 9.17) is 0 Å². The van der Waals surface area contributed by atoms with Gasteiger partial charge in [-0.2, -0.15) is 0 Å². The van der Waals surface area contributed by atoms with Crippen molar-refractivity contribution in [1.29, 1.82) is 0 Å². The fourth-order valence-electron chi connectivity index (χ4n) is 22.5. The Balaban J connectivity index is 0.867. The van der Waals surface area contributed by atoms with Gasteiger partial charge in [0.15, 0.2) is 0 Å². The van der Waals surface area contributed by atoms with Gasteiger partial charge in [-0.25, -0.2) is 0 Å². The van der Waals surface area contributed by atoms with Crippen molar-refractivity contribution in [1.82, 2.24) is 0 Å². The standard InChI is InChI=1S/C126H95BN4/c1-123(2,3)90-71-69-84(70-72-90)89-78-118-120-119(79-89)131(122-103(87-45-18-9-19-46-87)80-95(124(4,5)6)81-105(122)104-77-88-47-28-29-56-98(88)101-57-30-31-58-102(101)104)117-83-97(129-114-67-38-34-63-108(114)126(93-52-24-12-25-53-93,94-54-26-13-27-55-94)109-64-35-39-68-115(109)129)74-76-111(117)127(120)110-75-73-96(82-116(110)130(118)121-99(85-41-14-7-15-42-85)59-40-60-100(121)86-43-16-8-17-44-86)128-112-65-36-32-61-106(112)125(91-48-20-10-21-49-91,92-50-22-11-23-51-92)107-62-33-37-66-113(107)128/h7-83H,1-6H3. The molecule has 4 nitrogen and oxygen atoms in total. The van der Waals surface area contributed by atoms with Crippen molar-refractivity contribution in [2.75, 3.05) is 19.6 Å². The predicted molar refractivity (Wildman–Crippen MR) is 553 cm³/mol. The van der Waals surface area contributed by atoms with Crippen LogP contribution in [0.25, 0.3) is 77.2 Å². The third-order valence-electron chi connectivity index (χ3n) is 28.4. The lowest BCUT2D eigenvalue weighted by molar-refractivity contribution is 0.590. The first kappa shape index (κ1) is 78.6. The number of hydrogen-bond donors (Lipinski definition) is 0. The SMILES string of the molecule is CC(C)(C)c1ccc(-c2cc3c4c(c2)N(c2c(-c5ccccc5)cc(C(C)(C)C)cc2-c2cc5ccccc5c5ccccc25)c2cc(N5c6ccccc6C(c6ccccc6)(c6ccccc6)c6ccccc65)ccc2B4c2ccc(N4c5ccccc5C(c5ccccc5)(c5ccccc5)c5ccccc54)cc2N3c2c(-c3ccccc3)cccc2-c2ccccc2)cc1. The van der Waals surface area contributed by atoms with Crippen molar-refractivity contribution in [3.8, 4) is 55.6 Å². The van der Waals surface area contributed by atoms with Gasteiger partial charge < -0.3 is 19.6 Å². The van der Waals surface area contributed by atoms with Gasteiger partial charge in [0.25, 0.3) is 6.71 Å². The van der Waals surface area contributed by atoms with E-state index < -0.39 is 10.8 Å². The predicted octanol–water partition coefficient (Wildman–Crippen LogP) is 31.3. The molecule has 0 bridgehead atoms. The molecule has 20 aromatic carbocycles. The smallest absolute Gasteiger partial charge is 0.252 e. The van der Waals surface area contributed by atoms with E-state index in [-0.39, 0.29) is 17.5 Å².